The highest BCUT2D eigenvalue weighted by atomic mass is 79.9. The van der Waals surface area contributed by atoms with Gasteiger partial charge < -0.3 is 9.51 Å². The molecule has 0 saturated carbocycles. The number of fused-ring (bicyclic) bond motifs is 1. The second-order valence-electron chi connectivity index (χ2n) is 4.83. The van der Waals surface area contributed by atoms with Crippen molar-refractivity contribution in [3.8, 4) is 0 Å². The highest BCUT2D eigenvalue weighted by Crippen LogP contribution is 2.20. The molecular weight excluding hydrogens is 320 g/mol. The van der Waals surface area contributed by atoms with E-state index in [0.29, 0.717) is 12.0 Å². The number of halogens is 1. The van der Waals surface area contributed by atoms with Crippen molar-refractivity contribution in [2.75, 3.05) is 0 Å². The first-order valence-corrected chi connectivity index (χ1v) is 7.07. The summed E-state index contributed by atoms with van der Waals surface area (Å²) in [6, 6.07) is 7.76. The molecule has 2 aromatic heterocycles. The van der Waals surface area contributed by atoms with Gasteiger partial charge in [0.05, 0.1) is 5.69 Å². The van der Waals surface area contributed by atoms with Crippen LogP contribution in [-0.2, 0) is 6.42 Å². The van der Waals surface area contributed by atoms with Gasteiger partial charge in [0.25, 0.3) is 5.56 Å². The first kappa shape index (κ1) is 13.1. The molecule has 20 heavy (non-hydrogen) atoms. The summed E-state index contributed by atoms with van der Waals surface area (Å²) in [5.74, 6) is 0.762. The van der Waals surface area contributed by atoms with Crippen LogP contribution in [0.2, 0.25) is 0 Å². The lowest BCUT2D eigenvalue weighted by atomic mass is 10.0. The smallest absolute Gasteiger partial charge is 0.251 e. The highest BCUT2D eigenvalue weighted by molar-refractivity contribution is 9.10. The molecule has 0 atom stereocenters. The van der Waals surface area contributed by atoms with Gasteiger partial charge in [0, 0.05) is 27.5 Å². The van der Waals surface area contributed by atoms with Crippen LogP contribution in [0, 0.1) is 13.8 Å². The molecule has 0 fully saturated rings. The molecule has 3 rings (SSSR count). The van der Waals surface area contributed by atoms with Crippen LogP contribution in [0.4, 0.5) is 0 Å². The number of H-pyrrole nitrogens is 1. The molecule has 0 saturated heterocycles. The topological polar surface area (TPSA) is 58.9 Å². The zero-order chi connectivity index (χ0) is 14.3. The van der Waals surface area contributed by atoms with Gasteiger partial charge in [-0.3, -0.25) is 4.79 Å². The first-order chi connectivity index (χ1) is 9.54. The van der Waals surface area contributed by atoms with Crippen molar-refractivity contribution in [2.24, 2.45) is 0 Å². The minimum atomic E-state index is -0.0735. The molecule has 0 amide bonds. The van der Waals surface area contributed by atoms with Crippen LogP contribution in [0.3, 0.4) is 0 Å². The van der Waals surface area contributed by atoms with Crippen molar-refractivity contribution in [1.82, 2.24) is 10.1 Å². The number of benzene rings is 1. The summed E-state index contributed by atoms with van der Waals surface area (Å²) in [6.07, 6.45) is 0.530. The van der Waals surface area contributed by atoms with E-state index in [2.05, 4.69) is 26.1 Å². The highest BCUT2D eigenvalue weighted by Gasteiger charge is 2.12. The van der Waals surface area contributed by atoms with Gasteiger partial charge in [-0.05, 0) is 37.4 Å². The molecule has 0 radical (unpaired) electrons. The fourth-order valence-electron chi connectivity index (χ4n) is 2.29. The molecule has 1 N–H and O–H groups in total. The third-order valence-corrected chi connectivity index (χ3v) is 3.93. The standard InChI is InChI=1S/C15H13BrN2O2/c1-8-13(9(2)20-18-8)6-11-5-10-3-4-12(16)7-14(10)17-15(11)19/h3-5,7H,6H2,1-2H3,(H,17,19). The fourth-order valence-corrected chi connectivity index (χ4v) is 2.66. The maximum Gasteiger partial charge on any atom is 0.251 e. The average Bonchev–Trinajstić information content (AvgIpc) is 2.71. The Morgan fingerprint density at radius 3 is 2.80 bits per heavy atom. The van der Waals surface area contributed by atoms with Gasteiger partial charge in [-0.1, -0.05) is 27.2 Å². The number of aromatic nitrogens is 2. The Balaban J connectivity index is 2.10. The van der Waals surface area contributed by atoms with Gasteiger partial charge >= 0.3 is 0 Å². The molecule has 0 aliphatic rings. The van der Waals surface area contributed by atoms with E-state index in [1.165, 1.54) is 0 Å². The Morgan fingerprint density at radius 2 is 2.10 bits per heavy atom. The van der Waals surface area contributed by atoms with E-state index in [9.17, 15) is 4.79 Å². The Labute approximate surface area is 123 Å². The quantitative estimate of drug-likeness (QED) is 0.781. The van der Waals surface area contributed by atoms with Gasteiger partial charge in [-0.15, -0.1) is 0 Å². The number of hydrogen-bond donors (Lipinski definition) is 1. The van der Waals surface area contributed by atoms with Crippen molar-refractivity contribution < 1.29 is 4.52 Å². The van der Waals surface area contributed by atoms with Gasteiger partial charge in [-0.25, -0.2) is 0 Å². The summed E-state index contributed by atoms with van der Waals surface area (Å²) in [5, 5.41) is 4.93. The zero-order valence-electron chi connectivity index (χ0n) is 11.2. The van der Waals surface area contributed by atoms with E-state index in [1.807, 2.05) is 38.1 Å². The first-order valence-electron chi connectivity index (χ1n) is 6.28. The Bertz CT molecular complexity index is 829. The van der Waals surface area contributed by atoms with Crippen molar-refractivity contribution in [3.05, 3.63) is 61.7 Å². The van der Waals surface area contributed by atoms with E-state index in [4.69, 9.17) is 4.52 Å². The van der Waals surface area contributed by atoms with Gasteiger partial charge in [-0.2, -0.15) is 0 Å². The molecule has 0 spiro atoms. The summed E-state index contributed by atoms with van der Waals surface area (Å²) in [4.78, 5) is 15.1. The second-order valence-corrected chi connectivity index (χ2v) is 5.75. The van der Waals surface area contributed by atoms with Crippen molar-refractivity contribution in [1.29, 1.82) is 0 Å². The maximum absolute atomic E-state index is 12.2. The van der Waals surface area contributed by atoms with Crippen LogP contribution in [0.1, 0.15) is 22.6 Å². The Hall–Kier alpha value is -1.88. The molecule has 5 heteroatoms. The van der Waals surface area contributed by atoms with E-state index >= 15 is 0 Å². The number of hydrogen-bond acceptors (Lipinski definition) is 3. The third kappa shape index (κ3) is 2.29. The zero-order valence-corrected chi connectivity index (χ0v) is 12.7. The van der Waals surface area contributed by atoms with Crippen LogP contribution < -0.4 is 5.56 Å². The molecular formula is C15H13BrN2O2. The number of nitrogens with one attached hydrogen (secondary N) is 1. The Morgan fingerprint density at radius 1 is 1.30 bits per heavy atom. The predicted molar refractivity (Wildman–Crippen MR) is 81.1 cm³/mol. The molecule has 3 aromatic rings. The maximum atomic E-state index is 12.2. The molecule has 0 aliphatic heterocycles. The summed E-state index contributed by atoms with van der Waals surface area (Å²) in [6.45, 7) is 3.75. The van der Waals surface area contributed by atoms with E-state index in [1.54, 1.807) is 0 Å². The number of aryl methyl sites for hydroxylation is 2. The molecule has 4 nitrogen and oxygen atoms in total. The summed E-state index contributed by atoms with van der Waals surface area (Å²) >= 11 is 3.40. The number of aromatic amines is 1. The molecule has 1 aromatic carbocycles. The predicted octanol–water partition coefficient (Wildman–Crippen LogP) is 3.49. The van der Waals surface area contributed by atoms with Gasteiger partial charge in [0.1, 0.15) is 5.76 Å². The lowest BCUT2D eigenvalue weighted by Gasteiger charge is -2.04. The average molecular weight is 333 g/mol. The molecule has 0 unspecified atom stereocenters. The molecule has 2 heterocycles. The monoisotopic (exact) mass is 332 g/mol. The van der Waals surface area contributed by atoms with E-state index in [0.717, 1.165) is 32.4 Å². The number of pyridine rings is 1. The minimum absolute atomic E-state index is 0.0735. The normalized spacial score (nSPS) is 11.2. The van der Waals surface area contributed by atoms with Crippen molar-refractivity contribution in [3.63, 3.8) is 0 Å². The summed E-state index contributed by atoms with van der Waals surface area (Å²) in [5.41, 5.74) is 3.28. The lowest BCUT2D eigenvalue weighted by Crippen LogP contribution is -2.13. The second kappa shape index (κ2) is 4.90. The number of nitrogens with zero attached hydrogens (tertiary/aromatic N) is 1. The number of rotatable bonds is 2. The summed E-state index contributed by atoms with van der Waals surface area (Å²) in [7, 11) is 0. The minimum Gasteiger partial charge on any atom is -0.361 e. The van der Waals surface area contributed by atoms with Crippen LogP contribution in [-0.4, -0.2) is 10.1 Å². The van der Waals surface area contributed by atoms with E-state index in [-0.39, 0.29) is 5.56 Å². The third-order valence-electron chi connectivity index (χ3n) is 3.43. The van der Waals surface area contributed by atoms with Gasteiger partial charge in [0.2, 0.25) is 0 Å². The van der Waals surface area contributed by atoms with Crippen LogP contribution >= 0.6 is 15.9 Å². The Kier molecular flexibility index (Phi) is 3.22. The van der Waals surface area contributed by atoms with Crippen LogP contribution in [0.15, 0.2) is 38.1 Å². The van der Waals surface area contributed by atoms with Crippen LogP contribution in [0.25, 0.3) is 10.9 Å². The lowest BCUT2D eigenvalue weighted by molar-refractivity contribution is 0.392. The molecule has 0 bridgehead atoms. The molecule has 102 valence electrons. The van der Waals surface area contributed by atoms with Crippen molar-refractivity contribution >= 4 is 26.8 Å². The van der Waals surface area contributed by atoms with E-state index < -0.39 is 0 Å². The fraction of sp³-hybridized carbons (Fsp3) is 0.200. The van der Waals surface area contributed by atoms with Crippen molar-refractivity contribution in [2.45, 2.75) is 20.3 Å². The SMILES string of the molecule is Cc1noc(C)c1Cc1cc2ccc(Br)cc2[nH]c1=O. The summed E-state index contributed by atoms with van der Waals surface area (Å²) < 4.78 is 6.09. The largest absolute Gasteiger partial charge is 0.361 e. The van der Waals surface area contributed by atoms with Crippen LogP contribution in [0.5, 0.6) is 0 Å². The van der Waals surface area contributed by atoms with Gasteiger partial charge in [0.15, 0.2) is 0 Å². The molecule has 0 aliphatic carbocycles.